The van der Waals surface area contributed by atoms with E-state index in [4.69, 9.17) is 0 Å². The van der Waals surface area contributed by atoms with E-state index in [1.54, 1.807) is 0 Å². The van der Waals surface area contributed by atoms with Gasteiger partial charge in [0.25, 0.3) is 0 Å². The molecule has 2 saturated heterocycles. The molecule has 0 saturated carbocycles. The predicted octanol–water partition coefficient (Wildman–Crippen LogP) is 1.56. The van der Waals surface area contributed by atoms with Crippen LogP contribution in [0.1, 0.15) is 34.1 Å². The minimum absolute atomic E-state index is 0.740. The van der Waals surface area contributed by atoms with E-state index in [2.05, 4.69) is 37.5 Å². The number of nitrogens with zero attached hydrogens (tertiary/aromatic N) is 2. The van der Waals surface area contributed by atoms with E-state index >= 15 is 0 Å². The van der Waals surface area contributed by atoms with E-state index in [0.29, 0.717) is 0 Å². The maximum atomic E-state index is 2.67. The van der Waals surface area contributed by atoms with Crippen LogP contribution < -0.4 is 0 Å². The summed E-state index contributed by atoms with van der Waals surface area (Å²) in [6, 6.07) is 3.19. The molecule has 2 fully saturated rings. The van der Waals surface area contributed by atoms with Gasteiger partial charge in [0.2, 0.25) is 0 Å². The van der Waals surface area contributed by atoms with Gasteiger partial charge in [-0.2, -0.15) is 0 Å². The monoisotopic (exact) mass is 182 g/mol. The number of hydrogen-bond donors (Lipinski definition) is 0. The Morgan fingerprint density at radius 1 is 0.846 bits per heavy atom. The summed E-state index contributed by atoms with van der Waals surface area (Å²) in [5.41, 5.74) is 0. The van der Waals surface area contributed by atoms with Crippen LogP contribution in [-0.4, -0.2) is 47.1 Å². The van der Waals surface area contributed by atoms with Crippen molar-refractivity contribution < 1.29 is 0 Å². The third-order valence-electron chi connectivity index (χ3n) is 3.65. The fraction of sp³-hybridized carbons (Fsp3) is 1.00. The van der Waals surface area contributed by atoms with Crippen molar-refractivity contribution in [3.8, 4) is 0 Å². The normalized spacial score (nSPS) is 35.5. The molecule has 2 heteroatoms. The molecule has 0 aromatic rings. The molecule has 2 rings (SSSR count). The summed E-state index contributed by atoms with van der Waals surface area (Å²) in [6.45, 7) is 11.9. The van der Waals surface area contributed by atoms with Crippen LogP contribution in [0.2, 0.25) is 0 Å². The molecular formula is C11H22N2. The fourth-order valence-electron chi connectivity index (χ4n) is 2.99. The van der Waals surface area contributed by atoms with Crippen molar-refractivity contribution in [2.75, 3.05) is 13.1 Å². The van der Waals surface area contributed by atoms with Crippen LogP contribution in [-0.2, 0) is 0 Å². The SMILES string of the molecule is CC(C)N1C[C@H]2C[C@@H]1CN2C(C)C. The Bertz CT molecular complexity index is 169. The zero-order chi connectivity index (χ0) is 9.59. The topological polar surface area (TPSA) is 6.48 Å². The number of likely N-dealkylation sites (tertiary alicyclic amines) is 2. The zero-order valence-corrected chi connectivity index (χ0v) is 9.33. The third kappa shape index (κ3) is 1.50. The first-order chi connectivity index (χ1) is 6.09. The Labute approximate surface area is 81.9 Å². The van der Waals surface area contributed by atoms with E-state index < -0.39 is 0 Å². The van der Waals surface area contributed by atoms with E-state index in [-0.39, 0.29) is 0 Å². The molecule has 0 aromatic carbocycles. The average Bonchev–Trinajstić information content (AvgIpc) is 2.60. The molecule has 0 aliphatic carbocycles. The van der Waals surface area contributed by atoms with Gasteiger partial charge in [0.15, 0.2) is 0 Å². The van der Waals surface area contributed by atoms with Gasteiger partial charge >= 0.3 is 0 Å². The van der Waals surface area contributed by atoms with E-state index in [1.165, 1.54) is 19.5 Å². The van der Waals surface area contributed by atoms with Crippen LogP contribution in [0.4, 0.5) is 0 Å². The van der Waals surface area contributed by atoms with Crippen LogP contribution >= 0.6 is 0 Å². The van der Waals surface area contributed by atoms with Crippen molar-refractivity contribution in [3.05, 3.63) is 0 Å². The highest BCUT2D eigenvalue weighted by Gasteiger charge is 2.44. The number of hydrogen-bond acceptors (Lipinski definition) is 2. The Balaban J connectivity index is 1.99. The van der Waals surface area contributed by atoms with Crippen LogP contribution in [0.3, 0.4) is 0 Å². The molecule has 0 amide bonds. The first-order valence-electron chi connectivity index (χ1n) is 5.61. The summed E-state index contributed by atoms with van der Waals surface area (Å²) in [4.78, 5) is 5.34. The minimum atomic E-state index is 0.740. The molecule has 0 aromatic heterocycles. The molecule has 76 valence electrons. The van der Waals surface area contributed by atoms with Gasteiger partial charge in [-0.3, -0.25) is 9.80 Å². The van der Waals surface area contributed by atoms with Crippen molar-refractivity contribution in [1.82, 2.24) is 9.80 Å². The summed E-state index contributed by atoms with van der Waals surface area (Å²) in [5.74, 6) is 0. The summed E-state index contributed by atoms with van der Waals surface area (Å²) in [5, 5.41) is 0. The summed E-state index contributed by atoms with van der Waals surface area (Å²) >= 11 is 0. The van der Waals surface area contributed by atoms with Crippen LogP contribution in [0.25, 0.3) is 0 Å². The Morgan fingerprint density at radius 3 is 1.46 bits per heavy atom. The number of rotatable bonds is 2. The van der Waals surface area contributed by atoms with Gasteiger partial charge in [0, 0.05) is 37.3 Å². The van der Waals surface area contributed by atoms with Gasteiger partial charge in [0.05, 0.1) is 0 Å². The van der Waals surface area contributed by atoms with Gasteiger partial charge in [-0.15, -0.1) is 0 Å². The molecule has 0 radical (unpaired) electrons. The van der Waals surface area contributed by atoms with Gasteiger partial charge in [-0.05, 0) is 34.1 Å². The van der Waals surface area contributed by atoms with Crippen LogP contribution in [0.15, 0.2) is 0 Å². The average molecular weight is 182 g/mol. The second-order valence-corrected chi connectivity index (χ2v) is 5.12. The van der Waals surface area contributed by atoms with Crippen molar-refractivity contribution in [3.63, 3.8) is 0 Å². The molecule has 0 N–H and O–H groups in total. The minimum Gasteiger partial charge on any atom is -0.295 e. The molecule has 0 unspecified atom stereocenters. The largest absolute Gasteiger partial charge is 0.295 e. The lowest BCUT2D eigenvalue weighted by atomic mass is 10.2. The first kappa shape index (κ1) is 9.47. The van der Waals surface area contributed by atoms with E-state index in [9.17, 15) is 0 Å². The molecule has 2 aliphatic rings. The molecule has 2 atom stereocenters. The lowest BCUT2D eigenvalue weighted by Crippen LogP contribution is -2.50. The Morgan fingerprint density at radius 2 is 1.23 bits per heavy atom. The lowest BCUT2D eigenvalue weighted by molar-refractivity contribution is 0.0849. The molecular weight excluding hydrogens is 160 g/mol. The summed E-state index contributed by atoms with van der Waals surface area (Å²) in [6.07, 6.45) is 1.41. The quantitative estimate of drug-likeness (QED) is 0.639. The van der Waals surface area contributed by atoms with Crippen molar-refractivity contribution in [1.29, 1.82) is 0 Å². The third-order valence-corrected chi connectivity index (χ3v) is 3.65. The van der Waals surface area contributed by atoms with Crippen molar-refractivity contribution in [2.45, 2.75) is 58.3 Å². The maximum absolute atomic E-state index is 2.67. The van der Waals surface area contributed by atoms with Gasteiger partial charge < -0.3 is 0 Å². The highest BCUT2D eigenvalue weighted by atomic mass is 15.4. The fourth-order valence-corrected chi connectivity index (χ4v) is 2.99. The summed E-state index contributed by atoms with van der Waals surface area (Å²) < 4.78 is 0. The predicted molar refractivity (Wildman–Crippen MR) is 55.9 cm³/mol. The zero-order valence-electron chi connectivity index (χ0n) is 9.33. The van der Waals surface area contributed by atoms with Gasteiger partial charge in [0.1, 0.15) is 0 Å². The molecule has 2 nitrogen and oxygen atoms in total. The van der Waals surface area contributed by atoms with Crippen molar-refractivity contribution in [2.24, 2.45) is 0 Å². The smallest absolute Gasteiger partial charge is 0.0242 e. The van der Waals surface area contributed by atoms with Crippen molar-refractivity contribution >= 4 is 0 Å². The molecule has 2 heterocycles. The second kappa shape index (κ2) is 3.25. The lowest BCUT2D eigenvalue weighted by Gasteiger charge is -2.38. The van der Waals surface area contributed by atoms with E-state index in [1.807, 2.05) is 0 Å². The Hall–Kier alpha value is -0.0800. The first-order valence-corrected chi connectivity index (χ1v) is 5.61. The second-order valence-electron chi connectivity index (χ2n) is 5.12. The number of piperazine rings is 1. The number of fused-ring (bicyclic) bond motifs is 2. The molecule has 2 aliphatic heterocycles. The van der Waals surface area contributed by atoms with Gasteiger partial charge in [-0.1, -0.05) is 0 Å². The molecule has 2 bridgehead atoms. The van der Waals surface area contributed by atoms with Crippen LogP contribution in [0, 0.1) is 0 Å². The Kier molecular flexibility index (Phi) is 2.37. The molecule has 13 heavy (non-hydrogen) atoms. The highest BCUT2D eigenvalue weighted by molar-refractivity contribution is 5.01. The highest BCUT2D eigenvalue weighted by Crippen LogP contribution is 2.33. The maximum Gasteiger partial charge on any atom is 0.0242 e. The summed E-state index contributed by atoms with van der Waals surface area (Å²) in [7, 11) is 0. The van der Waals surface area contributed by atoms with E-state index in [0.717, 1.165) is 24.2 Å². The standard InChI is InChI=1S/C11H22N2/c1-8(2)12-6-11-5-10(12)7-13(11)9(3)4/h8-11H,5-7H2,1-4H3/t10-,11-/m1/s1. The van der Waals surface area contributed by atoms with Crippen LogP contribution in [0.5, 0.6) is 0 Å². The van der Waals surface area contributed by atoms with Gasteiger partial charge in [-0.25, -0.2) is 0 Å². The molecule has 0 spiro atoms.